The summed E-state index contributed by atoms with van der Waals surface area (Å²) in [7, 11) is -2.57. The van der Waals surface area contributed by atoms with E-state index in [9.17, 15) is 9.42 Å². The molecule has 15 heavy (non-hydrogen) atoms. The predicted molar refractivity (Wildman–Crippen MR) is 54.6 cm³/mol. The third-order valence-electron chi connectivity index (χ3n) is 1.61. The van der Waals surface area contributed by atoms with Crippen LogP contribution in [-0.4, -0.2) is 15.7 Å². The van der Waals surface area contributed by atoms with Crippen LogP contribution in [0.3, 0.4) is 0 Å². The SMILES string of the molecule is CS(=O)(Cc1ccc(Cl)[n+](O)c1)=NC#N. The number of rotatable bonds is 2. The Kier molecular flexibility index (Phi) is 3.50. The molecule has 1 aromatic rings. The number of pyridine rings is 1. The standard InChI is InChI=1S/C8H9ClN3O2S/c1-15(14,11-6-10)5-7-2-3-8(9)12(13)4-7/h2-4,13H,5H2,1H3/q+1. The minimum absolute atomic E-state index is 0.0955. The Morgan fingerprint density at radius 2 is 2.40 bits per heavy atom. The fourth-order valence-corrected chi connectivity index (χ4v) is 2.17. The maximum Gasteiger partial charge on any atom is 0.325 e. The molecule has 0 saturated carbocycles. The highest BCUT2D eigenvalue weighted by atomic mass is 35.5. The van der Waals surface area contributed by atoms with Gasteiger partial charge in [0.25, 0.3) is 0 Å². The summed E-state index contributed by atoms with van der Waals surface area (Å²) in [6.45, 7) is 0. The molecule has 80 valence electrons. The van der Waals surface area contributed by atoms with E-state index < -0.39 is 9.73 Å². The number of hydrogen-bond acceptors (Lipinski definition) is 4. The lowest BCUT2D eigenvalue weighted by Crippen LogP contribution is -2.31. The quantitative estimate of drug-likeness (QED) is 0.365. The maximum atomic E-state index is 11.6. The van der Waals surface area contributed by atoms with Crippen LogP contribution in [0.4, 0.5) is 0 Å². The lowest BCUT2D eigenvalue weighted by Gasteiger charge is -1.99. The van der Waals surface area contributed by atoms with E-state index in [1.165, 1.54) is 24.7 Å². The van der Waals surface area contributed by atoms with Crippen LogP contribution in [0.15, 0.2) is 22.7 Å². The van der Waals surface area contributed by atoms with Gasteiger partial charge in [0, 0.05) is 22.6 Å². The Hall–Kier alpha value is -1.32. The van der Waals surface area contributed by atoms with E-state index in [0.29, 0.717) is 5.56 Å². The molecule has 0 spiro atoms. The maximum absolute atomic E-state index is 11.6. The molecule has 1 atom stereocenters. The van der Waals surface area contributed by atoms with E-state index in [4.69, 9.17) is 16.9 Å². The van der Waals surface area contributed by atoms with Crippen LogP contribution in [0, 0.1) is 11.5 Å². The van der Waals surface area contributed by atoms with Gasteiger partial charge in [0.05, 0.1) is 15.5 Å². The zero-order chi connectivity index (χ0) is 11.5. The lowest BCUT2D eigenvalue weighted by atomic mass is 10.3. The van der Waals surface area contributed by atoms with Gasteiger partial charge in [0.15, 0.2) is 0 Å². The molecule has 0 aliphatic carbocycles. The molecule has 0 radical (unpaired) electrons. The van der Waals surface area contributed by atoms with Gasteiger partial charge < -0.3 is 0 Å². The first kappa shape index (κ1) is 11.8. The average Bonchev–Trinajstić information content (AvgIpc) is 2.10. The van der Waals surface area contributed by atoms with E-state index in [0.717, 1.165) is 4.73 Å². The molecule has 1 aromatic heterocycles. The molecule has 0 saturated heterocycles. The van der Waals surface area contributed by atoms with Crippen molar-refractivity contribution >= 4 is 21.3 Å². The molecular formula is C8H9ClN3O2S+. The van der Waals surface area contributed by atoms with Crippen LogP contribution >= 0.6 is 11.6 Å². The fraction of sp³-hybridized carbons (Fsp3) is 0.250. The van der Waals surface area contributed by atoms with Crippen LogP contribution < -0.4 is 4.73 Å². The number of halogens is 1. The van der Waals surface area contributed by atoms with Gasteiger partial charge in [-0.05, 0) is 17.7 Å². The second-order valence-electron chi connectivity index (χ2n) is 3.00. The van der Waals surface area contributed by atoms with Crippen molar-refractivity contribution in [2.24, 2.45) is 4.36 Å². The molecule has 5 nitrogen and oxygen atoms in total. The third kappa shape index (κ3) is 3.38. The van der Waals surface area contributed by atoms with Gasteiger partial charge in [-0.2, -0.15) is 5.26 Å². The number of hydrogen-bond donors (Lipinski definition) is 1. The number of aromatic nitrogens is 1. The van der Waals surface area contributed by atoms with Gasteiger partial charge in [-0.1, -0.05) is 0 Å². The Balaban J connectivity index is 3.03. The first-order chi connectivity index (χ1) is 6.94. The van der Waals surface area contributed by atoms with Crippen molar-refractivity contribution < 1.29 is 14.1 Å². The Morgan fingerprint density at radius 1 is 1.73 bits per heavy atom. The fourth-order valence-electron chi connectivity index (χ4n) is 1.03. The molecule has 1 rings (SSSR count). The van der Waals surface area contributed by atoms with Crippen molar-refractivity contribution in [3.05, 3.63) is 29.0 Å². The van der Waals surface area contributed by atoms with Crippen LogP contribution in [0.25, 0.3) is 0 Å². The monoisotopic (exact) mass is 246 g/mol. The zero-order valence-corrected chi connectivity index (χ0v) is 9.49. The summed E-state index contributed by atoms with van der Waals surface area (Å²) in [5, 5.41) is 17.7. The first-order valence-electron chi connectivity index (χ1n) is 3.92. The lowest BCUT2D eigenvalue weighted by molar-refractivity contribution is -0.903. The molecule has 0 amide bonds. The Bertz CT molecular complexity index is 529. The van der Waals surface area contributed by atoms with Crippen molar-refractivity contribution in [3.8, 4) is 6.19 Å². The molecule has 0 bridgehead atoms. The van der Waals surface area contributed by atoms with Gasteiger partial charge in [-0.3, -0.25) is 5.21 Å². The van der Waals surface area contributed by atoms with Crippen LogP contribution in [0.1, 0.15) is 5.56 Å². The van der Waals surface area contributed by atoms with Crippen molar-refractivity contribution in [3.63, 3.8) is 0 Å². The number of nitriles is 1. The summed E-state index contributed by atoms with van der Waals surface area (Å²) in [6.07, 6.45) is 4.22. The van der Waals surface area contributed by atoms with Crippen LogP contribution in [0.5, 0.6) is 0 Å². The predicted octanol–water partition coefficient (Wildman–Crippen LogP) is 0.944. The molecule has 1 unspecified atom stereocenters. The van der Waals surface area contributed by atoms with Crippen LogP contribution in [0.2, 0.25) is 5.15 Å². The smallest absolute Gasteiger partial charge is 0.284 e. The summed E-state index contributed by atoms with van der Waals surface area (Å²) >= 11 is 5.58. The minimum Gasteiger partial charge on any atom is -0.284 e. The van der Waals surface area contributed by atoms with Gasteiger partial charge in [-0.25, -0.2) is 4.21 Å². The minimum atomic E-state index is -2.57. The third-order valence-corrected chi connectivity index (χ3v) is 3.25. The van der Waals surface area contributed by atoms with Crippen molar-refractivity contribution in [1.29, 1.82) is 5.26 Å². The van der Waals surface area contributed by atoms with E-state index >= 15 is 0 Å². The highest BCUT2D eigenvalue weighted by Crippen LogP contribution is 2.07. The van der Waals surface area contributed by atoms with E-state index in [1.54, 1.807) is 6.07 Å². The summed E-state index contributed by atoms with van der Waals surface area (Å²) in [5.41, 5.74) is 0.591. The van der Waals surface area contributed by atoms with Gasteiger partial charge in [-0.15, -0.1) is 4.36 Å². The van der Waals surface area contributed by atoms with Gasteiger partial charge in [0.2, 0.25) is 12.4 Å². The highest BCUT2D eigenvalue weighted by Gasteiger charge is 2.11. The normalized spacial score (nSPS) is 13.9. The zero-order valence-electron chi connectivity index (χ0n) is 7.92. The van der Waals surface area contributed by atoms with Crippen molar-refractivity contribution in [2.75, 3.05) is 6.26 Å². The van der Waals surface area contributed by atoms with E-state index in [1.807, 2.05) is 0 Å². The second kappa shape index (κ2) is 4.47. The van der Waals surface area contributed by atoms with Crippen LogP contribution in [-0.2, 0) is 15.5 Å². The molecule has 1 heterocycles. The topological polar surface area (TPSA) is 77.3 Å². The van der Waals surface area contributed by atoms with Gasteiger partial charge in [0.1, 0.15) is 0 Å². The molecule has 0 fully saturated rings. The molecule has 0 aliphatic heterocycles. The van der Waals surface area contributed by atoms with Gasteiger partial charge >= 0.3 is 5.15 Å². The summed E-state index contributed by atoms with van der Waals surface area (Å²) in [4.78, 5) is 0. The molecule has 0 aliphatic rings. The summed E-state index contributed by atoms with van der Waals surface area (Å²) < 4.78 is 15.7. The van der Waals surface area contributed by atoms with E-state index in [2.05, 4.69) is 4.36 Å². The first-order valence-corrected chi connectivity index (χ1v) is 6.39. The Labute approximate surface area is 92.7 Å². The van der Waals surface area contributed by atoms with Crippen molar-refractivity contribution in [2.45, 2.75) is 5.75 Å². The van der Waals surface area contributed by atoms with E-state index in [-0.39, 0.29) is 10.9 Å². The molecular weight excluding hydrogens is 238 g/mol. The molecule has 0 aromatic carbocycles. The summed E-state index contributed by atoms with van der Waals surface area (Å²) in [6, 6.07) is 3.09. The number of nitrogens with zero attached hydrogens (tertiary/aromatic N) is 3. The second-order valence-corrected chi connectivity index (χ2v) is 5.78. The largest absolute Gasteiger partial charge is 0.325 e. The molecule has 7 heteroatoms. The highest BCUT2D eigenvalue weighted by molar-refractivity contribution is 7.92. The molecule has 1 N–H and O–H groups in total. The summed E-state index contributed by atoms with van der Waals surface area (Å²) in [5.74, 6) is 0.0955. The Morgan fingerprint density at radius 3 is 2.93 bits per heavy atom. The average molecular weight is 247 g/mol. The van der Waals surface area contributed by atoms with Crippen molar-refractivity contribution in [1.82, 2.24) is 0 Å².